The molecular formula is C14H24N4O2. The number of esters is 1. The molecule has 0 spiro atoms. The van der Waals surface area contributed by atoms with Gasteiger partial charge in [0, 0.05) is 18.5 Å². The molecule has 2 N–H and O–H groups in total. The number of hydrogen-bond acceptors (Lipinski definition) is 6. The van der Waals surface area contributed by atoms with Crippen LogP contribution >= 0.6 is 0 Å². The Bertz CT molecular complexity index is 474. The normalized spacial score (nSPS) is 12.2. The Morgan fingerprint density at radius 2 is 1.85 bits per heavy atom. The maximum absolute atomic E-state index is 11.7. The van der Waals surface area contributed by atoms with Crippen LogP contribution in [0.25, 0.3) is 0 Å². The number of rotatable bonds is 6. The zero-order valence-corrected chi connectivity index (χ0v) is 13.1. The number of carbonyl (C=O) groups excluding carboxylic acids is 1. The van der Waals surface area contributed by atoms with Crippen molar-refractivity contribution in [3.8, 4) is 0 Å². The SMILES string of the molecule is CCOC(=O)C(C)Nc1nc(C(C)C)nc(NC)c1C. The van der Waals surface area contributed by atoms with Gasteiger partial charge in [-0.3, -0.25) is 0 Å². The molecule has 1 aromatic rings. The Labute approximate surface area is 120 Å². The molecule has 0 amide bonds. The van der Waals surface area contributed by atoms with Gasteiger partial charge in [-0.25, -0.2) is 14.8 Å². The van der Waals surface area contributed by atoms with E-state index in [4.69, 9.17) is 4.74 Å². The largest absolute Gasteiger partial charge is 0.464 e. The van der Waals surface area contributed by atoms with Crippen molar-refractivity contribution in [1.82, 2.24) is 9.97 Å². The Hall–Kier alpha value is -1.85. The summed E-state index contributed by atoms with van der Waals surface area (Å²) >= 11 is 0. The summed E-state index contributed by atoms with van der Waals surface area (Å²) in [6.45, 7) is 9.89. The lowest BCUT2D eigenvalue weighted by atomic mass is 10.2. The molecule has 0 aliphatic heterocycles. The molecule has 0 aliphatic rings. The van der Waals surface area contributed by atoms with Gasteiger partial charge >= 0.3 is 5.97 Å². The molecule has 0 bridgehead atoms. The summed E-state index contributed by atoms with van der Waals surface area (Å²) in [5.41, 5.74) is 0.882. The van der Waals surface area contributed by atoms with Crippen LogP contribution in [-0.4, -0.2) is 35.6 Å². The fourth-order valence-electron chi connectivity index (χ4n) is 1.71. The molecule has 6 nitrogen and oxygen atoms in total. The lowest BCUT2D eigenvalue weighted by Crippen LogP contribution is -2.29. The van der Waals surface area contributed by atoms with Crippen LogP contribution in [0.3, 0.4) is 0 Å². The van der Waals surface area contributed by atoms with Crippen LogP contribution in [0.2, 0.25) is 0 Å². The van der Waals surface area contributed by atoms with Crippen LogP contribution < -0.4 is 10.6 Å². The van der Waals surface area contributed by atoms with Gasteiger partial charge < -0.3 is 15.4 Å². The van der Waals surface area contributed by atoms with Gasteiger partial charge in [0.05, 0.1) is 6.61 Å². The highest BCUT2D eigenvalue weighted by atomic mass is 16.5. The van der Waals surface area contributed by atoms with Gasteiger partial charge in [0.1, 0.15) is 23.5 Å². The number of ether oxygens (including phenoxy) is 1. The highest BCUT2D eigenvalue weighted by Gasteiger charge is 2.18. The van der Waals surface area contributed by atoms with E-state index < -0.39 is 6.04 Å². The Morgan fingerprint density at radius 3 is 2.35 bits per heavy atom. The maximum atomic E-state index is 11.7. The number of nitrogens with zero attached hydrogens (tertiary/aromatic N) is 2. The predicted molar refractivity (Wildman–Crippen MR) is 80.1 cm³/mol. The van der Waals surface area contributed by atoms with Crippen LogP contribution in [0.5, 0.6) is 0 Å². The fraction of sp³-hybridized carbons (Fsp3) is 0.643. The van der Waals surface area contributed by atoms with Crippen molar-refractivity contribution in [2.45, 2.75) is 46.6 Å². The van der Waals surface area contributed by atoms with Crippen LogP contribution in [-0.2, 0) is 9.53 Å². The lowest BCUT2D eigenvalue weighted by Gasteiger charge is -2.18. The van der Waals surface area contributed by atoms with Crippen molar-refractivity contribution in [1.29, 1.82) is 0 Å². The van der Waals surface area contributed by atoms with E-state index in [9.17, 15) is 4.79 Å². The number of anilines is 2. The van der Waals surface area contributed by atoms with E-state index in [-0.39, 0.29) is 11.9 Å². The molecule has 0 fully saturated rings. The molecule has 0 saturated carbocycles. The van der Waals surface area contributed by atoms with Crippen molar-refractivity contribution in [2.24, 2.45) is 0 Å². The second-order valence-electron chi connectivity index (χ2n) is 4.93. The second-order valence-corrected chi connectivity index (χ2v) is 4.93. The first-order valence-electron chi connectivity index (χ1n) is 6.90. The van der Waals surface area contributed by atoms with Gasteiger partial charge in [0.2, 0.25) is 0 Å². The minimum absolute atomic E-state index is 0.209. The predicted octanol–water partition coefficient (Wildman–Crippen LogP) is 2.31. The van der Waals surface area contributed by atoms with Gasteiger partial charge in [-0.2, -0.15) is 0 Å². The molecule has 1 atom stereocenters. The number of nitrogens with one attached hydrogen (secondary N) is 2. The third-order valence-corrected chi connectivity index (χ3v) is 2.91. The molecule has 0 radical (unpaired) electrons. The summed E-state index contributed by atoms with van der Waals surface area (Å²) in [5.74, 6) is 2.08. The van der Waals surface area contributed by atoms with Crippen LogP contribution in [0.1, 0.15) is 45.0 Å². The molecule has 6 heteroatoms. The molecule has 1 aromatic heterocycles. The molecule has 1 rings (SSSR count). The van der Waals surface area contributed by atoms with Crippen molar-refractivity contribution >= 4 is 17.6 Å². The zero-order valence-electron chi connectivity index (χ0n) is 13.1. The van der Waals surface area contributed by atoms with Crippen LogP contribution in [0.4, 0.5) is 11.6 Å². The van der Waals surface area contributed by atoms with Crippen molar-refractivity contribution in [2.75, 3.05) is 24.3 Å². The molecule has 0 aromatic carbocycles. The average Bonchev–Trinajstić information content (AvgIpc) is 2.40. The molecular weight excluding hydrogens is 256 g/mol. The molecule has 1 heterocycles. The van der Waals surface area contributed by atoms with Crippen LogP contribution in [0, 0.1) is 6.92 Å². The maximum Gasteiger partial charge on any atom is 0.328 e. The summed E-state index contributed by atoms with van der Waals surface area (Å²) in [7, 11) is 1.82. The van der Waals surface area contributed by atoms with E-state index in [0.717, 1.165) is 17.2 Å². The topological polar surface area (TPSA) is 76.1 Å². The van der Waals surface area contributed by atoms with E-state index in [1.807, 2.05) is 27.8 Å². The molecule has 0 saturated heterocycles. The first kappa shape index (κ1) is 16.2. The van der Waals surface area contributed by atoms with E-state index in [0.29, 0.717) is 12.4 Å². The monoisotopic (exact) mass is 280 g/mol. The first-order chi connectivity index (χ1) is 9.40. The van der Waals surface area contributed by atoms with Gasteiger partial charge in [-0.05, 0) is 20.8 Å². The third kappa shape index (κ3) is 3.82. The molecule has 20 heavy (non-hydrogen) atoms. The van der Waals surface area contributed by atoms with Crippen molar-refractivity contribution in [3.05, 3.63) is 11.4 Å². The van der Waals surface area contributed by atoms with Gasteiger partial charge in [-0.1, -0.05) is 13.8 Å². The number of carbonyl (C=O) groups is 1. The fourth-order valence-corrected chi connectivity index (χ4v) is 1.71. The van der Waals surface area contributed by atoms with E-state index >= 15 is 0 Å². The van der Waals surface area contributed by atoms with Crippen molar-refractivity contribution in [3.63, 3.8) is 0 Å². The summed E-state index contributed by atoms with van der Waals surface area (Å²) in [6.07, 6.45) is 0. The zero-order chi connectivity index (χ0) is 15.3. The van der Waals surface area contributed by atoms with Crippen LogP contribution in [0.15, 0.2) is 0 Å². The average molecular weight is 280 g/mol. The molecule has 0 aliphatic carbocycles. The lowest BCUT2D eigenvalue weighted by molar-refractivity contribution is -0.143. The number of aromatic nitrogens is 2. The Kier molecular flexibility index (Phi) is 5.73. The van der Waals surface area contributed by atoms with E-state index in [2.05, 4.69) is 20.6 Å². The van der Waals surface area contributed by atoms with E-state index in [1.165, 1.54) is 0 Å². The molecule has 1 unspecified atom stereocenters. The minimum Gasteiger partial charge on any atom is -0.464 e. The standard InChI is InChI=1S/C14H24N4O2/c1-7-20-14(19)10(5)16-13-9(4)12(15-6)17-11(18-13)8(2)3/h8,10H,7H2,1-6H3,(H2,15,16,17,18). The Morgan fingerprint density at radius 1 is 1.25 bits per heavy atom. The summed E-state index contributed by atoms with van der Waals surface area (Å²) in [5, 5.41) is 6.15. The highest BCUT2D eigenvalue weighted by Crippen LogP contribution is 2.23. The Balaban J connectivity index is 3.04. The minimum atomic E-state index is -0.451. The van der Waals surface area contributed by atoms with Gasteiger partial charge in [0.25, 0.3) is 0 Å². The third-order valence-electron chi connectivity index (χ3n) is 2.91. The smallest absolute Gasteiger partial charge is 0.328 e. The summed E-state index contributed by atoms with van der Waals surface area (Å²) in [4.78, 5) is 20.6. The van der Waals surface area contributed by atoms with E-state index in [1.54, 1.807) is 13.8 Å². The first-order valence-corrected chi connectivity index (χ1v) is 6.90. The van der Waals surface area contributed by atoms with Crippen molar-refractivity contribution < 1.29 is 9.53 Å². The molecule has 112 valence electrons. The van der Waals surface area contributed by atoms with Gasteiger partial charge in [-0.15, -0.1) is 0 Å². The summed E-state index contributed by atoms with van der Waals surface area (Å²) in [6, 6.07) is -0.451. The quantitative estimate of drug-likeness (QED) is 0.779. The number of hydrogen-bond donors (Lipinski definition) is 2. The second kappa shape index (κ2) is 7.07. The summed E-state index contributed by atoms with van der Waals surface area (Å²) < 4.78 is 4.99. The highest BCUT2D eigenvalue weighted by molar-refractivity contribution is 5.79. The van der Waals surface area contributed by atoms with Gasteiger partial charge in [0.15, 0.2) is 0 Å².